The number of pyridine rings is 1. The van der Waals surface area contributed by atoms with E-state index in [1.54, 1.807) is 0 Å². The van der Waals surface area contributed by atoms with Gasteiger partial charge in [-0.25, -0.2) is 13.8 Å². The fraction of sp³-hybridized carbons (Fsp3) is 0.333. The van der Waals surface area contributed by atoms with Crippen molar-refractivity contribution in [3.8, 4) is 6.07 Å². The van der Waals surface area contributed by atoms with Crippen LogP contribution in [0.3, 0.4) is 0 Å². The Balaban J connectivity index is 3.36. The minimum absolute atomic E-state index is 0.0730. The summed E-state index contributed by atoms with van der Waals surface area (Å²) in [5.74, 6) is 0.0730. The quantitative estimate of drug-likeness (QED) is 0.863. The molecule has 0 aliphatic carbocycles. The van der Waals surface area contributed by atoms with E-state index in [0.717, 1.165) is 0 Å². The van der Waals surface area contributed by atoms with Crippen LogP contribution < -0.4 is 5.73 Å². The summed E-state index contributed by atoms with van der Waals surface area (Å²) >= 11 is 3.08. The Kier molecular flexibility index (Phi) is 3.97. The Morgan fingerprint density at radius 1 is 1.60 bits per heavy atom. The first-order valence-electron chi connectivity index (χ1n) is 4.09. The lowest BCUT2D eigenvalue weighted by Gasteiger charge is -2.12. The van der Waals surface area contributed by atoms with E-state index in [4.69, 9.17) is 11.0 Å². The van der Waals surface area contributed by atoms with Gasteiger partial charge in [0.15, 0.2) is 0 Å². The number of nitriles is 1. The lowest BCUT2D eigenvalue weighted by Crippen LogP contribution is -2.05. The van der Waals surface area contributed by atoms with Gasteiger partial charge in [-0.3, -0.25) is 0 Å². The van der Waals surface area contributed by atoms with E-state index >= 15 is 0 Å². The van der Waals surface area contributed by atoms with Crippen molar-refractivity contribution < 1.29 is 8.78 Å². The number of rotatable bonds is 3. The molecule has 0 spiro atoms. The third-order valence-corrected chi connectivity index (χ3v) is 2.52. The first-order chi connectivity index (χ1) is 7.11. The average Bonchev–Trinajstić information content (AvgIpc) is 2.20. The Labute approximate surface area is 94.0 Å². The van der Waals surface area contributed by atoms with Gasteiger partial charge in [-0.1, -0.05) is 15.9 Å². The average molecular weight is 276 g/mol. The number of anilines is 1. The maximum absolute atomic E-state index is 12.8. The number of alkyl halides is 3. The van der Waals surface area contributed by atoms with E-state index in [-0.39, 0.29) is 34.3 Å². The first kappa shape index (κ1) is 11.9. The summed E-state index contributed by atoms with van der Waals surface area (Å²) in [4.78, 5) is 3.77. The second-order valence-corrected chi connectivity index (χ2v) is 3.39. The van der Waals surface area contributed by atoms with Crippen LogP contribution in [0.4, 0.5) is 14.6 Å². The molecule has 0 fully saturated rings. The van der Waals surface area contributed by atoms with E-state index in [1.165, 1.54) is 6.20 Å². The SMILES string of the molecule is N#CCc1cnc(N)c(CBr)c1C(F)F. The molecule has 0 aliphatic rings. The van der Waals surface area contributed by atoms with Gasteiger partial charge in [0.2, 0.25) is 0 Å². The summed E-state index contributed by atoms with van der Waals surface area (Å²) in [6, 6.07) is 1.82. The molecule has 0 saturated carbocycles. The standard InChI is InChI=1S/C9H8BrF2N3/c10-3-6-7(8(11)12)5(1-2-13)4-15-9(6)14/h4,8H,1,3H2,(H2,14,15). The largest absolute Gasteiger partial charge is 0.383 e. The minimum atomic E-state index is -2.65. The van der Waals surface area contributed by atoms with Crippen LogP contribution in [0.1, 0.15) is 23.1 Å². The number of hydrogen-bond acceptors (Lipinski definition) is 3. The zero-order valence-electron chi connectivity index (χ0n) is 7.67. The predicted octanol–water partition coefficient (Wildman–Crippen LogP) is 2.56. The predicted molar refractivity (Wildman–Crippen MR) is 55.6 cm³/mol. The van der Waals surface area contributed by atoms with E-state index < -0.39 is 6.43 Å². The zero-order valence-corrected chi connectivity index (χ0v) is 9.26. The summed E-state index contributed by atoms with van der Waals surface area (Å²) in [5.41, 5.74) is 5.79. The van der Waals surface area contributed by atoms with Crippen LogP contribution in [0.2, 0.25) is 0 Å². The van der Waals surface area contributed by atoms with Crippen LogP contribution in [0.5, 0.6) is 0 Å². The fourth-order valence-corrected chi connectivity index (χ4v) is 1.85. The van der Waals surface area contributed by atoms with Gasteiger partial charge >= 0.3 is 0 Å². The monoisotopic (exact) mass is 275 g/mol. The van der Waals surface area contributed by atoms with Crippen molar-refractivity contribution in [2.24, 2.45) is 0 Å². The summed E-state index contributed by atoms with van der Waals surface area (Å²) in [6.45, 7) is 0. The summed E-state index contributed by atoms with van der Waals surface area (Å²) in [6.07, 6.45) is -1.51. The molecule has 0 aliphatic heterocycles. The number of halogens is 3. The lowest BCUT2D eigenvalue weighted by molar-refractivity contribution is 0.149. The highest BCUT2D eigenvalue weighted by Gasteiger charge is 2.19. The van der Waals surface area contributed by atoms with Crippen molar-refractivity contribution in [2.45, 2.75) is 18.2 Å². The smallest absolute Gasteiger partial charge is 0.264 e. The van der Waals surface area contributed by atoms with E-state index in [2.05, 4.69) is 20.9 Å². The molecule has 2 N–H and O–H groups in total. The molecule has 0 atom stereocenters. The molecule has 0 unspecified atom stereocenters. The van der Waals surface area contributed by atoms with Gasteiger partial charge in [-0.2, -0.15) is 5.26 Å². The normalized spacial score (nSPS) is 10.3. The van der Waals surface area contributed by atoms with Crippen LogP contribution in [0, 0.1) is 11.3 Å². The molecule has 0 bridgehead atoms. The van der Waals surface area contributed by atoms with Crippen molar-refractivity contribution in [1.29, 1.82) is 5.26 Å². The molecular formula is C9H8BrF2N3. The molecule has 0 amide bonds. The Morgan fingerprint density at radius 3 is 2.73 bits per heavy atom. The van der Waals surface area contributed by atoms with Crippen molar-refractivity contribution >= 4 is 21.7 Å². The fourth-order valence-electron chi connectivity index (χ4n) is 1.27. The van der Waals surface area contributed by atoms with Crippen LogP contribution in [0.15, 0.2) is 6.20 Å². The van der Waals surface area contributed by atoms with Gasteiger partial charge in [0.25, 0.3) is 6.43 Å². The number of nitrogens with two attached hydrogens (primary N) is 1. The Morgan fingerprint density at radius 2 is 2.27 bits per heavy atom. The van der Waals surface area contributed by atoms with Gasteiger partial charge in [0, 0.05) is 22.7 Å². The summed E-state index contributed by atoms with van der Waals surface area (Å²) in [7, 11) is 0. The second kappa shape index (κ2) is 5.03. The van der Waals surface area contributed by atoms with Gasteiger partial charge in [0.05, 0.1) is 12.5 Å². The number of nitrogens with zero attached hydrogens (tertiary/aromatic N) is 2. The maximum Gasteiger partial charge on any atom is 0.264 e. The molecule has 1 heterocycles. The van der Waals surface area contributed by atoms with Gasteiger partial charge in [-0.15, -0.1) is 0 Å². The van der Waals surface area contributed by atoms with Crippen LogP contribution in [-0.4, -0.2) is 4.98 Å². The van der Waals surface area contributed by atoms with E-state index in [9.17, 15) is 8.78 Å². The van der Waals surface area contributed by atoms with Gasteiger partial charge in [0.1, 0.15) is 5.82 Å². The number of nitrogen functional groups attached to an aromatic ring is 1. The summed E-state index contributed by atoms with van der Waals surface area (Å²) < 4.78 is 25.5. The van der Waals surface area contributed by atoms with Crippen LogP contribution in [-0.2, 0) is 11.8 Å². The highest BCUT2D eigenvalue weighted by Crippen LogP contribution is 2.30. The van der Waals surface area contributed by atoms with Gasteiger partial charge < -0.3 is 5.73 Å². The molecular weight excluding hydrogens is 268 g/mol. The molecule has 0 radical (unpaired) electrons. The maximum atomic E-state index is 12.8. The molecule has 1 rings (SSSR count). The van der Waals surface area contributed by atoms with Crippen LogP contribution >= 0.6 is 15.9 Å². The molecule has 0 aromatic carbocycles. The van der Waals surface area contributed by atoms with Crippen molar-refractivity contribution in [3.05, 3.63) is 22.9 Å². The molecule has 15 heavy (non-hydrogen) atoms. The highest BCUT2D eigenvalue weighted by atomic mass is 79.9. The van der Waals surface area contributed by atoms with Crippen LogP contribution in [0.25, 0.3) is 0 Å². The Hall–Kier alpha value is -1.22. The third kappa shape index (κ3) is 2.42. The van der Waals surface area contributed by atoms with E-state index in [1.807, 2.05) is 6.07 Å². The first-order valence-corrected chi connectivity index (χ1v) is 5.21. The molecule has 1 aromatic heterocycles. The zero-order chi connectivity index (χ0) is 11.4. The van der Waals surface area contributed by atoms with Crippen molar-refractivity contribution in [2.75, 3.05) is 5.73 Å². The molecule has 1 aromatic rings. The summed E-state index contributed by atoms with van der Waals surface area (Å²) in [5, 5.41) is 8.69. The molecule has 0 saturated heterocycles. The number of hydrogen-bond donors (Lipinski definition) is 1. The van der Waals surface area contributed by atoms with E-state index in [0.29, 0.717) is 0 Å². The number of aromatic nitrogens is 1. The van der Waals surface area contributed by atoms with Crippen molar-refractivity contribution in [3.63, 3.8) is 0 Å². The molecule has 80 valence electrons. The van der Waals surface area contributed by atoms with Crippen molar-refractivity contribution in [1.82, 2.24) is 4.98 Å². The molecule has 6 heteroatoms. The third-order valence-electron chi connectivity index (χ3n) is 1.96. The highest BCUT2D eigenvalue weighted by molar-refractivity contribution is 9.08. The Bertz CT molecular complexity index is 401. The lowest BCUT2D eigenvalue weighted by atomic mass is 10.0. The minimum Gasteiger partial charge on any atom is -0.383 e. The second-order valence-electron chi connectivity index (χ2n) is 2.83. The van der Waals surface area contributed by atoms with Gasteiger partial charge in [-0.05, 0) is 5.56 Å². The topological polar surface area (TPSA) is 62.7 Å². The molecule has 3 nitrogen and oxygen atoms in total.